The molecule has 0 unspecified atom stereocenters. The Labute approximate surface area is 257 Å². The van der Waals surface area contributed by atoms with Crippen LogP contribution in [0, 0.1) is 0 Å². The quantitative estimate of drug-likeness (QED) is 0.178. The Morgan fingerprint density at radius 1 is 0.841 bits per heavy atom. The summed E-state index contributed by atoms with van der Waals surface area (Å²) in [5.41, 5.74) is 0.544. The number of hydrogen-bond acceptors (Lipinski definition) is 11. The molecule has 3 amide bonds. The Bertz CT molecular complexity index is 1280. The summed E-state index contributed by atoms with van der Waals surface area (Å²) >= 11 is 0. The topological polar surface area (TPSA) is 199 Å². The standard InChI is InChI=1S/C28H43N5O10S/c1-28(2,3)43-26(36)30-14-6-16-40-18-20-41-19-17-39-15-5-13-29-23(34)11-12-24(35)31-22-9-7-21(8-10-22)25-32-33-27(42-25)44(4,37)38/h7-10H,5-6,11-20H2,1-4H3,(H,29,34)(H,30,36)(H,31,35)/p+1. The molecule has 1 aromatic carbocycles. The fraction of sp³-hybridized carbons (Fsp3) is 0.607. The number of carbonyl (C=O) groups is 3. The zero-order chi connectivity index (χ0) is 32.4. The zero-order valence-electron chi connectivity index (χ0n) is 25.7. The highest BCUT2D eigenvalue weighted by Gasteiger charge is 2.22. The predicted octanol–water partition coefficient (Wildman–Crippen LogP) is 1.75. The van der Waals surface area contributed by atoms with Crippen LogP contribution in [-0.2, 0) is 38.4 Å². The highest BCUT2D eigenvalue weighted by molar-refractivity contribution is 7.90. The number of nitrogens with one attached hydrogen (secondary N) is 4. The summed E-state index contributed by atoms with van der Waals surface area (Å²) in [6.07, 6.45) is 1.90. The second kappa shape index (κ2) is 18.9. The molecule has 2 aromatic rings. The Hall–Kier alpha value is -3.60. The first-order chi connectivity index (χ1) is 20.8. The molecule has 4 N–H and O–H groups in total. The van der Waals surface area contributed by atoms with Crippen LogP contribution in [0.2, 0.25) is 0 Å². The van der Waals surface area contributed by atoms with Crippen LogP contribution in [0.25, 0.3) is 11.5 Å². The van der Waals surface area contributed by atoms with E-state index < -0.39 is 26.8 Å². The molecule has 0 saturated heterocycles. The van der Waals surface area contributed by atoms with Crippen LogP contribution in [0.4, 0.5) is 10.5 Å². The van der Waals surface area contributed by atoms with Crippen molar-refractivity contribution in [3.05, 3.63) is 24.3 Å². The number of ether oxygens (including phenoxy) is 4. The maximum Gasteiger partial charge on any atom is 0.407 e. The van der Waals surface area contributed by atoms with Gasteiger partial charge in [0, 0.05) is 51.1 Å². The lowest BCUT2D eigenvalue weighted by Crippen LogP contribution is -2.33. The predicted molar refractivity (Wildman–Crippen MR) is 158 cm³/mol. The molecule has 0 saturated carbocycles. The van der Waals surface area contributed by atoms with E-state index in [-0.39, 0.29) is 30.5 Å². The average molecular weight is 643 g/mol. The molecule has 246 valence electrons. The molecular weight excluding hydrogens is 598 g/mol. The third-order valence-electron chi connectivity index (χ3n) is 5.43. The minimum Gasteiger partial charge on any atom is -0.444 e. The Kier molecular flexibility index (Phi) is 15.7. The summed E-state index contributed by atoms with van der Waals surface area (Å²) in [5, 5.41) is 13.9. The van der Waals surface area contributed by atoms with Crippen molar-refractivity contribution in [2.75, 3.05) is 64.3 Å². The summed E-state index contributed by atoms with van der Waals surface area (Å²) < 4.78 is 49.7. The molecule has 0 spiro atoms. The smallest absolute Gasteiger partial charge is 0.407 e. The highest BCUT2D eigenvalue weighted by Crippen LogP contribution is 2.20. The van der Waals surface area contributed by atoms with Gasteiger partial charge in [-0.1, -0.05) is 5.10 Å². The first kappa shape index (κ1) is 36.6. The molecule has 0 aliphatic carbocycles. The second-order valence-electron chi connectivity index (χ2n) is 10.6. The fourth-order valence-corrected chi connectivity index (χ4v) is 3.82. The van der Waals surface area contributed by atoms with Gasteiger partial charge < -0.3 is 39.3 Å². The maximum absolute atomic E-state index is 12.2. The van der Waals surface area contributed by atoms with Crippen molar-refractivity contribution in [2.45, 2.75) is 57.3 Å². The Morgan fingerprint density at radius 2 is 1.39 bits per heavy atom. The first-order valence-electron chi connectivity index (χ1n) is 14.3. The van der Waals surface area contributed by atoms with Crippen molar-refractivity contribution in [2.24, 2.45) is 0 Å². The minimum absolute atomic E-state index is 0.0156. The normalized spacial score (nSPS) is 11.6. The van der Waals surface area contributed by atoms with Gasteiger partial charge in [-0.2, -0.15) is 0 Å². The molecular formula is C28H44N5O10S+. The van der Waals surface area contributed by atoms with Gasteiger partial charge in [-0.15, -0.1) is 0 Å². The maximum atomic E-state index is 12.2. The third-order valence-corrected chi connectivity index (χ3v) is 6.24. The van der Waals surface area contributed by atoms with E-state index >= 15 is 0 Å². The van der Waals surface area contributed by atoms with Crippen molar-refractivity contribution >= 4 is 33.4 Å². The van der Waals surface area contributed by atoms with Crippen molar-refractivity contribution in [3.63, 3.8) is 0 Å². The number of aromatic amines is 1. The summed E-state index contributed by atoms with van der Waals surface area (Å²) in [4.78, 5) is 35.7. The van der Waals surface area contributed by atoms with Gasteiger partial charge in [0.15, 0.2) is 0 Å². The fourth-order valence-electron chi connectivity index (χ4n) is 3.38. The number of sulfone groups is 1. The number of nitrogens with zero attached hydrogens (tertiary/aromatic N) is 1. The molecule has 1 aromatic heterocycles. The van der Waals surface area contributed by atoms with Crippen LogP contribution < -0.4 is 21.0 Å². The number of anilines is 1. The first-order valence-corrected chi connectivity index (χ1v) is 16.2. The van der Waals surface area contributed by atoms with Crippen LogP contribution in [0.15, 0.2) is 33.9 Å². The molecule has 44 heavy (non-hydrogen) atoms. The number of benzene rings is 1. The van der Waals surface area contributed by atoms with E-state index in [0.717, 1.165) is 6.26 Å². The van der Waals surface area contributed by atoms with E-state index in [1.54, 1.807) is 24.3 Å². The van der Waals surface area contributed by atoms with Crippen LogP contribution >= 0.6 is 0 Å². The molecule has 0 aliphatic heterocycles. The van der Waals surface area contributed by atoms with Crippen molar-refractivity contribution in [1.29, 1.82) is 0 Å². The van der Waals surface area contributed by atoms with E-state index in [0.29, 0.717) is 76.8 Å². The van der Waals surface area contributed by atoms with Crippen LogP contribution in [-0.4, -0.2) is 96.0 Å². The number of hydrogen-bond donors (Lipinski definition) is 3. The number of carbonyl (C=O) groups excluding carboxylic acids is 3. The summed E-state index contributed by atoms with van der Waals surface area (Å²) in [6, 6.07) is 6.51. The monoisotopic (exact) mass is 642 g/mol. The van der Waals surface area contributed by atoms with Gasteiger partial charge in [-0.3, -0.25) is 9.59 Å². The average Bonchev–Trinajstić information content (AvgIpc) is 3.45. The third kappa shape index (κ3) is 16.3. The lowest BCUT2D eigenvalue weighted by atomic mass is 10.2. The van der Waals surface area contributed by atoms with E-state index in [2.05, 4.69) is 26.1 Å². The number of H-pyrrole nitrogens is 1. The SMILES string of the molecule is CC(C)(C)OC(=O)NCCCOCCOCCOCCCNC(=O)CCC(=O)Nc1ccc(-c2[nH+]nc(S(C)(=O)=O)o2)cc1. The van der Waals surface area contributed by atoms with E-state index in [1.165, 1.54) is 0 Å². The van der Waals surface area contributed by atoms with Gasteiger partial charge in [0.2, 0.25) is 21.7 Å². The summed E-state index contributed by atoms with van der Waals surface area (Å²) in [7, 11) is -3.57. The second-order valence-corrected chi connectivity index (χ2v) is 12.5. The molecule has 0 radical (unpaired) electrons. The lowest BCUT2D eigenvalue weighted by Gasteiger charge is -2.19. The van der Waals surface area contributed by atoms with Gasteiger partial charge in [-0.25, -0.2) is 13.2 Å². The Balaban J connectivity index is 1.41. The van der Waals surface area contributed by atoms with E-state index in [9.17, 15) is 22.8 Å². The summed E-state index contributed by atoms with van der Waals surface area (Å²) in [6.45, 7) is 9.03. The van der Waals surface area contributed by atoms with Crippen molar-refractivity contribution in [3.8, 4) is 11.5 Å². The molecule has 15 nitrogen and oxygen atoms in total. The van der Waals surface area contributed by atoms with Crippen LogP contribution in [0.1, 0.15) is 46.5 Å². The number of aromatic nitrogens is 2. The van der Waals surface area contributed by atoms with Gasteiger partial charge in [0.25, 0.3) is 0 Å². The van der Waals surface area contributed by atoms with Crippen molar-refractivity contribution in [1.82, 2.24) is 15.7 Å². The number of alkyl carbamates (subject to hydrolysis) is 1. The number of amides is 3. The van der Waals surface area contributed by atoms with Gasteiger partial charge in [-0.05, 0) is 57.9 Å². The Morgan fingerprint density at radius 3 is 1.93 bits per heavy atom. The number of rotatable bonds is 20. The van der Waals surface area contributed by atoms with E-state index in [1.807, 2.05) is 20.8 Å². The zero-order valence-corrected chi connectivity index (χ0v) is 26.5. The largest absolute Gasteiger partial charge is 0.444 e. The van der Waals surface area contributed by atoms with Crippen LogP contribution in [0.3, 0.4) is 0 Å². The molecule has 0 fully saturated rings. The highest BCUT2D eigenvalue weighted by atomic mass is 32.2. The molecule has 16 heteroatoms. The molecule has 0 aliphatic rings. The minimum atomic E-state index is -3.57. The molecule has 1 heterocycles. The molecule has 0 bridgehead atoms. The molecule has 0 atom stereocenters. The van der Waals surface area contributed by atoms with Gasteiger partial charge in [0.05, 0.1) is 37.1 Å². The molecule has 2 rings (SSSR count). The van der Waals surface area contributed by atoms with Crippen LogP contribution in [0.5, 0.6) is 0 Å². The van der Waals surface area contributed by atoms with Crippen molar-refractivity contribution < 1.29 is 51.3 Å². The van der Waals surface area contributed by atoms with E-state index in [4.69, 9.17) is 23.4 Å². The van der Waals surface area contributed by atoms with Gasteiger partial charge >= 0.3 is 17.2 Å². The van der Waals surface area contributed by atoms with Gasteiger partial charge in [0.1, 0.15) is 5.60 Å². The summed E-state index contributed by atoms with van der Waals surface area (Å²) in [5.74, 6) is -0.385. The lowest BCUT2D eigenvalue weighted by molar-refractivity contribution is -0.444.